The maximum absolute atomic E-state index is 7.08. The SMILES string of the molecule is COc1ccc(CN)cc1C1=NC=CCN1C1(OC(OC)(OC)c2ccc3ccccc3c2)CCNCC1. The van der Waals surface area contributed by atoms with E-state index in [9.17, 15) is 0 Å². The summed E-state index contributed by atoms with van der Waals surface area (Å²) in [4.78, 5) is 7.05. The minimum atomic E-state index is -1.43. The minimum Gasteiger partial charge on any atom is -0.496 e. The number of hydrogen-bond donors (Lipinski definition) is 2. The van der Waals surface area contributed by atoms with Gasteiger partial charge in [-0.2, -0.15) is 0 Å². The maximum Gasteiger partial charge on any atom is 0.313 e. The van der Waals surface area contributed by atoms with Crippen LogP contribution in [0.2, 0.25) is 0 Å². The summed E-state index contributed by atoms with van der Waals surface area (Å²) in [7, 11) is 4.90. The Morgan fingerprint density at radius 2 is 1.74 bits per heavy atom. The zero-order chi connectivity index (χ0) is 26.6. The van der Waals surface area contributed by atoms with Crippen molar-refractivity contribution in [2.24, 2.45) is 10.7 Å². The second-order valence-corrected chi connectivity index (χ2v) is 9.51. The van der Waals surface area contributed by atoms with Crippen LogP contribution < -0.4 is 15.8 Å². The molecule has 2 aliphatic rings. The molecule has 0 bridgehead atoms. The molecular formula is C30H36N4O4. The summed E-state index contributed by atoms with van der Waals surface area (Å²) in [6.45, 7) is 2.57. The molecule has 0 amide bonds. The quantitative estimate of drug-likeness (QED) is 0.414. The van der Waals surface area contributed by atoms with Gasteiger partial charge in [0.1, 0.15) is 11.6 Å². The Kier molecular flexibility index (Phi) is 7.78. The lowest BCUT2D eigenvalue weighted by molar-refractivity contribution is -0.425. The monoisotopic (exact) mass is 516 g/mol. The number of nitrogens with one attached hydrogen (secondary N) is 1. The number of hydrogen-bond acceptors (Lipinski definition) is 8. The van der Waals surface area contributed by atoms with Crippen molar-refractivity contribution < 1.29 is 18.9 Å². The van der Waals surface area contributed by atoms with Crippen LogP contribution in [0.5, 0.6) is 5.75 Å². The van der Waals surface area contributed by atoms with Crippen molar-refractivity contribution in [3.8, 4) is 5.75 Å². The largest absolute Gasteiger partial charge is 0.496 e. The van der Waals surface area contributed by atoms with E-state index in [1.165, 1.54) is 0 Å². The topological polar surface area (TPSA) is 90.6 Å². The Labute approximate surface area is 224 Å². The van der Waals surface area contributed by atoms with Crippen LogP contribution >= 0.6 is 0 Å². The van der Waals surface area contributed by atoms with Crippen molar-refractivity contribution in [2.75, 3.05) is 41.0 Å². The van der Waals surface area contributed by atoms with E-state index >= 15 is 0 Å². The van der Waals surface area contributed by atoms with Gasteiger partial charge < -0.3 is 30.2 Å². The molecule has 0 radical (unpaired) electrons. The highest BCUT2D eigenvalue weighted by Gasteiger charge is 2.50. The number of piperidine rings is 1. The molecule has 2 aliphatic heterocycles. The number of benzene rings is 3. The van der Waals surface area contributed by atoms with Gasteiger partial charge in [0.25, 0.3) is 0 Å². The molecule has 5 rings (SSSR count). The Morgan fingerprint density at radius 1 is 0.974 bits per heavy atom. The molecule has 0 aliphatic carbocycles. The summed E-state index contributed by atoms with van der Waals surface area (Å²) >= 11 is 0. The smallest absolute Gasteiger partial charge is 0.313 e. The molecule has 2 heterocycles. The van der Waals surface area contributed by atoms with Crippen molar-refractivity contribution >= 4 is 16.6 Å². The van der Waals surface area contributed by atoms with Gasteiger partial charge in [0, 0.05) is 51.9 Å². The molecule has 0 aromatic heterocycles. The number of fused-ring (bicyclic) bond motifs is 1. The van der Waals surface area contributed by atoms with E-state index in [0.29, 0.717) is 25.9 Å². The molecule has 0 saturated carbocycles. The highest BCUT2D eigenvalue weighted by Crippen LogP contribution is 2.41. The highest BCUT2D eigenvalue weighted by atomic mass is 16.9. The van der Waals surface area contributed by atoms with Gasteiger partial charge in [0.15, 0.2) is 5.72 Å². The van der Waals surface area contributed by atoms with Crippen molar-refractivity contribution in [2.45, 2.75) is 31.1 Å². The average Bonchev–Trinajstić information content (AvgIpc) is 3.00. The molecule has 3 N–H and O–H groups in total. The molecule has 0 unspecified atom stereocenters. The van der Waals surface area contributed by atoms with Crippen molar-refractivity contribution in [3.05, 3.63) is 89.6 Å². The van der Waals surface area contributed by atoms with Crippen molar-refractivity contribution in [3.63, 3.8) is 0 Å². The van der Waals surface area contributed by atoms with Crippen LogP contribution in [0.1, 0.15) is 29.5 Å². The number of nitrogens with two attached hydrogens (primary N) is 1. The second kappa shape index (κ2) is 11.2. The maximum atomic E-state index is 7.08. The third-order valence-corrected chi connectivity index (χ3v) is 7.43. The Hall–Kier alpha value is -3.27. The number of methoxy groups -OCH3 is 3. The zero-order valence-electron chi connectivity index (χ0n) is 22.3. The Morgan fingerprint density at radius 3 is 2.45 bits per heavy atom. The van der Waals surface area contributed by atoms with Crippen molar-refractivity contribution in [1.29, 1.82) is 0 Å². The van der Waals surface area contributed by atoms with Gasteiger partial charge >= 0.3 is 5.97 Å². The fourth-order valence-corrected chi connectivity index (χ4v) is 5.40. The minimum absolute atomic E-state index is 0.421. The molecule has 3 aromatic rings. The predicted octanol–water partition coefficient (Wildman–Crippen LogP) is 4.08. The number of amidine groups is 1. The number of aliphatic imine (C=N–C) groups is 1. The van der Waals surface area contributed by atoms with Gasteiger partial charge in [0.05, 0.1) is 12.7 Å². The van der Waals surface area contributed by atoms with E-state index in [1.54, 1.807) is 21.3 Å². The third kappa shape index (κ3) is 4.81. The predicted molar refractivity (Wildman–Crippen MR) is 149 cm³/mol. The van der Waals surface area contributed by atoms with Gasteiger partial charge in [-0.15, -0.1) is 0 Å². The summed E-state index contributed by atoms with van der Waals surface area (Å²) in [5, 5.41) is 5.69. The van der Waals surface area contributed by atoms with E-state index in [0.717, 1.165) is 52.1 Å². The first-order valence-electron chi connectivity index (χ1n) is 13.0. The number of nitrogens with zero attached hydrogens (tertiary/aromatic N) is 2. The second-order valence-electron chi connectivity index (χ2n) is 9.51. The molecule has 1 fully saturated rings. The van der Waals surface area contributed by atoms with Crippen LogP contribution in [0.3, 0.4) is 0 Å². The fraction of sp³-hybridized carbons (Fsp3) is 0.367. The summed E-state index contributed by atoms with van der Waals surface area (Å²) in [6, 6.07) is 20.3. The van der Waals surface area contributed by atoms with E-state index in [-0.39, 0.29) is 0 Å². The van der Waals surface area contributed by atoms with Crippen LogP contribution in [0, 0.1) is 0 Å². The molecule has 1 saturated heterocycles. The van der Waals surface area contributed by atoms with Gasteiger partial charge in [0.2, 0.25) is 0 Å². The van der Waals surface area contributed by atoms with Crippen LogP contribution in [-0.4, -0.2) is 57.4 Å². The van der Waals surface area contributed by atoms with E-state index in [2.05, 4.69) is 34.5 Å². The molecule has 8 heteroatoms. The molecular weight excluding hydrogens is 480 g/mol. The van der Waals surface area contributed by atoms with Gasteiger partial charge in [-0.3, -0.25) is 4.74 Å². The highest BCUT2D eigenvalue weighted by molar-refractivity contribution is 6.02. The van der Waals surface area contributed by atoms with Gasteiger partial charge in [-0.25, -0.2) is 4.99 Å². The third-order valence-electron chi connectivity index (χ3n) is 7.43. The summed E-state index contributed by atoms with van der Waals surface area (Å²) in [6.07, 6.45) is 5.26. The van der Waals surface area contributed by atoms with Crippen LogP contribution in [-0.2, 0) is 26.7 Å². The number of ether oxygens (including phenoxy) is 4. The lowest BCUT2D eigenvalue weighted by Crippen LogP contribution is -2.62. The average molecular weight is 517 g/mol. The molecule has 0 spiro atoms. The summed E-state index contributed by atoms with van der Waals surface area (Å²) in [5.41, 5.74) is 7.86. The lowest BCUT2D eigenvalue weighted by Gasteiger charge is -2.51. The first-order valence-corrected chi connectivity index (χ1v) is 13.0. The van der Waals surface area contributed by atoms with Gasteiger partial charge in [-0.05, 0) is 53.7 Å². The first-order chi connectivity index (χ1) is 18.6. The van der Waals surface area contributed by atoms with Crippen LogP contribution in [0.15, 0.2) is 77.9 Å². The molecule has 200 valence electrons. The lowest BCUT2D eigenvalue weighted by atomic mass is 9.96. The Balaban J connectivity index is 1.60. The molecule has 38 heavy (non-hydrogen) atoms. The standard InChI is InChI=1S/C30H36N4O4/c1-35-27-12-9-22(21-31)19-26(27)28-33-15-6-18-34(28)29(13-16-32-17-14-29)38-30(36-2,37-3)25-11-10-23-7-4-5-8-24(23)20-25/h4-12,15,19-20,32H,13-14,16-18,21,31H2,1-3H3. The van der Waals surface area contributed by atoms with E-state index in [4.69, 9.17) is 29.7 Å². The van der Waals surface area contributed by atoms with Crippen molar-refractivity contribution in [1.82, 2.24) is 10.2 Å². The molecule has 0 atom stereocenters. The first kappa shape index (κ1) is 26.3. The number of rotatable bonds is 9. The van der Waals surface area contributed by atoms with E-state index < -0.39 is 11.7 Å². The van der Waals surface area contributed by atoms with Gasteiger partial charge in [-0.1, -0.05) is 42.5 Å². The fourth-order valence-electron chi connectivity index (χ4n) is 5.40. The Bertz CT molecular complexity index is 1330. The van der Waals surface area contributed by atoms with Crippen LogP contribution in [0.4, 0.5) is 0 Å². The van der Waals surface area contributed by atoms with Crippen LogP contribution in [0.25, 0.3) is 10.8 Å². The zero-order valence-corrected chi connectivity index (χ0v) is 22.3. The summed E-state index contributed by atoms with van der Waals surface area (Å²) in [5.74, 6) is 0.0578. The normalized spacial score (nSPS) is 17.5. The summed E-state index contributed by atoms with van der Waals surface area (Å²) < 4.78 is 25.0. The van der Waals surface area contributed by atoms with E-state index in [1.807, 2.05) is 48.7 Å². The molecule has 3 aromatic carbocycles. The molecule has 8 nitrogen and oxygen atoms in total.